The molecule has 0 radical (unpaired) electrons. The lowest BCUT2D eigenvalue weighted by Crippen LogP contribution is -2.42. The quantitative estimate of drug-likeness (QED) is 0.0486. The zero-order chi connectivity index (χ0) is 83.1. The number of imidazole rings is 1. The van der Waals surface area contributed by atoms with Crippen LogP contribution in [0.4, 0.5) is 0 Å². The highest BCUT2D eigenvalue weighted by molar-refractivity contribution is 7.95. The van der Waals surface area contributed by atoms with Crippen LogP contribution in [0.15, 0.2) is 191 Å². The number of ketones is 3. The maximum Gasteiger partial charge on any atom is 0.330 e. The number of ether oxygens (including phenoxy) is 2. The van der Waals surface area contributed by atoms with Gasteiger partial charge in [-0.25, -0.2) is 39.2 Å². The number of esters is 1. The van der Waals surface area contributed by atoms with Gasteiger partial charge in [-0.2, -0.15) is 0 Å². The second-order valence-electron chi connectivity index (χ2n) is 32.9. The molecule has 9 aromatic rings. The maximum atomic E-state index is 13.6. The molecule has 20 nitrogen and oxygen atoms in total. The zero-order valence-corrected chi connectivity index (χ0v) is 70.5. The van der Waals surface area contributed by atoms with Crippen LogP contribution < -0.4 is 4.74 Å². The summed E-state index contributed by atoms with van der Waals surface area (Å²) in [6, 6.07) is 51.2. The normalized spacial score (nSPS) is 23.7. The van der Waals surface area contributed by atoms with Crippen molar-refractivity contribution >= 4 is 115 Å². The number of hydrogen-bond donors (Lipinski definition) is 2. The van der Waals surface area contributed by atoms with Crippen molar-refractivity contribution < 1.29 is 67.8 Å². The molecule has 6 fully saturated rings. The van der Waals surface area contributed by atoms with Crippen molar-refractivity contribution in [1.29, 1.82) is 0 Å². The van der Waals surface area contributed by atoms with Crippen molar-refractivity contribution in [2.75, 3.05) is 49.7 Å². The molecule has 2 N–H and O–H groups in total. The highest BCUT2D eigenvalue weighted by Crippen LogP contribution is 2.69. The second-order valence-corrected chi connectivity index (χ2v) is 41.0. The number of sulfone groups is 3. The summed E-state index contributed by atoms with van der Waals surface area (Å²) in [5.74, 6) is 4.80. The smallest absolute Gasteiger partial charge is 0.330 e. The van der Waals surface area contributed by atoms with E-state index < -0.39 is 66.4 Å². The van der Waals surface area contributed by atoms with Crippen LogP contribution in [-0.2, 0) is 76.7 Å². The van der Waals surface area contributed by atoms with Crippen LogP contribution in [0.2, 0.25) is 0 Å². The van der Waals surface area contributed by atoms with Crippen LogP contribution in [0.1, 0.15) is 127 Å². The molecule has 6 aliphatic carbocycles. The fraction of sp³-hybridized carbons (Fsp3) is 0.378. The molecule has 2 heterocycles. The van der Waals surface area contributed by atoms with E-state index in [9.17, 15) is 58.3 Å². The van der Waals surface area contributed by atoms with Gasteiger partial charge in [0, 0.05) is 54.2 Å². The first-order chi connectivity index (χ1) is 53.4. The molecule has 6 bridgehead atoms. The van der Waals surface area contributed by atoms with Gasteiger partial charge in [-0.15, -0.1) is 15.0 Å². The number of phenolic OH excluding ortho intramolecular Hbond substituents is 1. The summed E-state index contributed by atoms with van der Waals surface area (Å²) in [4.78, 5) is 57.4. The van der Waals surface area contributed by atoms with Gasteiger partial charge in [0.1, 0.15) is 53.7 Å². The molecular formula is C90H103N5O15S4. The van der Waals surface area contributed by atoms with Gasteiger partial charge < -0.3 is 23.7 Å². The summed E-state index contributed by atoms with van der Waals surface area (Å²) in [5, 5.41) is 18.6. The van der Waals surface area contributed by atoms with E-state index in [4.69, 9.17) is 4.74 Å². The van der Waals surface area contributed by atoms with Gasteiger partial charge in [0.2, 0.25) is 0 Å². The fourth-order valence-electron chi connectivity index (χ4n) is 18.3. The van der Waals surface area contributed by atoms with Crippen LogP contribution >= 0.6 is 0 Å². The second kappa shape index (κ2) is 32.5. The third-order valence-electron chi connectivity index (χ3n) is 24.6. The predicted octanol–water partition coefficient (Wildman–Crippen LogP) is 15.7. The van der Waals surface area contributed by atoms with Gasteiger partial charge in [0.25, 0.3) is 0 Å². The van der Waals surface area contributed by atoms with Gasteiger partial charge in [-0.05, 0) is 205 Å². The third kappa shape index (κ3) is 17.3. The standard InChI is InChI=1S/C30H38O6S2.C19H24O3S.C15H14N2O2S.C14H13N3O.C12H14O3/c1-27(2)23-11-13-29(27,17-37(5,33)34)25(31)21(23)15-19-7-9-20(10-8-19)16-22-24-12-14-30(26(22)32,28(24,3)4)18-38(6,35)36;1-13-5-7-14(8-6-13)11-15-16-9-10-19(17(15)20,18(16,2)3)12-23(4,21)22;1-17-14-10-12(20(2,18)19)8-9-13(14)16-15(17)11-6-4-3-5-7-11;1-2-10-7-8-14(18)13(9-10)17-15-11-5-3-4-6-12(11)16-17;1-3-15-11-7-4-10(5-8-11)6-9-12(13)14-2/h7-10,15-16,23-24H,5,11-14,17-18H2,1-4,6H3,(H,33,34);5-8,11,16H,9-10,12H2,1-4H3;3-10H,1-2H3;3-9,18H,2H2,1H3;4-9H,3H2,1-2H3/b21-15+,22-16+;15-11+;;;9-6+. The Kier molecular flexibility index (Phi) is 24.3. The summed E-state index contributed by atoms with van der Waals surface area (Å²) in [6.07, 6.45) is 17.8. The number of fused-ring (bicyclic) bond motifs is 8. The number of carbonyl (C=O) groups excluding carboxylic acids is 4. The number of allylic oxidation sites excluding steroid dienone is 3. The topological polar surface area (TPSA) is 295 Å². The van der Waals surface area contributed by atoms with Crippen LogP contribution in [0.3, 0.4) is 0 Å². The molecule has 6 saturated carbocycles. The van der Waals surface area contributed by atoms with Crippen LogP contribution in [0.25, 0.3) is 63.4 Å². The lowest BCUT2D eigenvalue weighted by Gasteiger charge is -2.35. The van der Waals surface area contributed by atoms with E-state index in [1.54, 1.807) is 30.3 Å². The van der Waals surface area contributed by atoms with E-state index in [1.807, 2.05) is 211 Å². The largest absolute Gasteiger partial charge is 0.506 e. The summed E-state index contributed by atoms with van der Waals surface area (Å²) in [6.45, 7) is 18.9. The number of hydrogen-bond acceptors (Lipinski definition) is 17. The number of aryl methyl sites for hydroxylation is 3. The minimum atomic E-state index is -3.32. The zero-order valence-electron chi connectivity index (χ0n) is 67.3. The molecule has 114 heavy (non-hydrogen) atoms. The van der Waals surface area contributed by atoms with E-state index in [0.717, 1.165) is 98.3 Å². The Morgan fingerprint density at radius 2 is 1.01 bits per heavy atom. The Bertz CT molecular complexity index is 5670. The fourth-order valence-corrected chi connectivity index (χ4v) is 23.4. The number of benzene rings is 7. The van der Waals surface area contributed by atoms with Crippen LogP contribution in [-0.4, -0.2) is 143 Å². The van der Waals surface area contributed by atoms with E-state index in [2.05, 4.69) is 46.6 Å². The van der Waals surface area contributed by atoms with E-state index in [-0.39, 0.29) is 69.5 Å². The summed E-state index contributed by atoms with van der Waals surface area (Å²) in [7, 11) is -9.80. The molecule has 0 spiro atoms. The molecule has 602 valence electrons. The lowest BCUT2D eigenvalue weighted by atomic mass is 9.70. The Morgan fingerprint density at radius 1 is 0.570 bits per heavy atom. The first-order valence-corrected chi connectivity index (χ1v) is 46.0. The third-order valence-corrected chi connectivity index (χ3v) is 28.7. The molecular weight excluding hydrogens is 1520 g/mol. The number of rotatable bonds is 17. The van der Waals surface area contributed by atoms with Crippen molar-refractivity contribution in [3.8, 4) is 28.6 Å². The van der Waals surface area contributed by atoms with Gasteiger partial charge in [-0.3, -0.25) is 14.4 Å². The average molecular weight is 1620 g/mol. The molecule has 6 aliphatic rings. The molecule has 7 atom stereocenters. The highest BCUT2D eigenvalue weighted by Gasteiger charge is 2.69. The van der Waals surface area contributed by atoms with Crippen molar-refractivity contribution in [3.63, 3.8) is 0 Å². The summed E-state index contributed by atoms with van der Waals surface area (Å²) in [5.41, 5.74) is 9.48. The SMILES string of the molecule is C=S(=O)(O)CC12CCC(/C(=C\c3ccc(/C=C4/C(=O)C5(CS(C)(=O)=O)CCC4C5(C)C)cc3)C1=O)C2(C)C.CCOc1ccc(/C=C/C(=O)OC)cc1.CCc1ccc(O)c(-n2nc3ccccc3n2)c1.Cc1ccc(/C=C2/C(=O)C3(CS(C)(=O)=O)CCC2C3(C)C)cc1.Cn1c(-c2ccccc2)nc2ccc(S(C)(=O)=O)cc21. The summed E-state index contributed by atoms with van der Waals surface area (Å²) < 4.78 is 105. The maximum absolute atomic E-state index is 13.6. The van der Waals surface area contributed by atoms with E-state index in [0.29, 0.717) is 47.6 Å². The number of Topliss-reactive ketones (excluding diaryl/α,β-unsaturated/α-hetero) is 3. The minimum Gasteiger partial charge on any atom is -0.506 e. The number of methoxy groups -OCH3 is 1. The molecule has 7 aromatic carbocycles. The number of aromatic hydroxyl groups is 1. The first-order valence-electron chi connectivity index (χ1n) is 38.2. The summed E-state index contributed by atoms with van der Waals surface area (Å²) >= 11 is 0. The first kappa shape index (κ1) is 85.2. The molecule has 0 saturated heterocycles. The molecule has 2 aromatic heterocycles. The highest BCUT2D eigenvalue weighted by atomic mass is 32.2. The van der Waals surface area contributed by atoms with Crippen molar-refractivity contribution in [1.82, 2.24) is 24.5 Å². The van der Waals surface area contributed by atoms with E-state index in [1.165, 1.54) is 42.3 Å². The number of carbonyl (C=O) groups is 4. The Morgan fingerprint density at radius 3 is 1.43 bits per heavy atom. The Hall–Kier alpha value is -9.72. The van der Waals surface area contributed by atoms with Crippen LogP contribution in [0, 0.1) is 57.2 Å². The number of phenols is 1. The predicted molar refractivity (Wildman–Crippen MR) is 453 cm³/mol. The molecule has 0 amide bonds. The van der Waals surface area contributed by atoms with Gasteiger partial charge in [0.05, 0.1) is 73.0 Å². The molecule has 0 aliphatic heterocycles. The number of aromatic nitrogens is 5. The van der Waals surface area contributed by atoms with Crippen molar-refractivity contribution in [2.24, 2.45) is 57.3 Å². The lowest BCUT2D eigenvalue weighted by molar-refractivity contribution is -0.134. The minimum absolute atomic E-state index is 0.0264. The molecule has 15 rings (SSSR count). The molecule has 24 heteroatoms. The number of nitrogens with zero attached hydrogens (tertiary/aromatic N) is 5. The Balaban J connectivity index is 0.000000147. The van der Waals surface area contributed by atoms with Gasteiger partial charge in [0.15, 0.2) is 27.2 Å². The van der Waals surface area contributed by atoms with Gasteiger partial charge in [-0.1, -0.05) is 163 Å². The van der Waals surface area contributed by atoms with Crippen molar-refractivity contribution in [3.05, 3.63) is 220 Å². The van der Waals surface area contributed by atoms with Crippen LogP contribution in [0.5, 0.6) is 11.5 Å². The monoisotopic (exact) mass is 1620 g/mol. The average Bonchev–Trinajstić information content (AvgIpc) is 1.54. The van der Waals surface area contributed by atoms with E-state index >= 15 is 0 Å². The van der Waals surface area contributed by atoms with Gasteiger partial charge >= 0.3 is 5.97 Å². The Labute approximate surface area is 670 Å². The van der Waals surface area contributed by atoms with Crippen molar-refractivity contribution in [2.45, 2.75) is 112 Å². The molecule has 7 unspecified atom stereocenters.